The molecule has 1 aliphatic rings. The summed E-state index contributed by atoms with van der Waals surface area (Å²) in [6.45, 7) is 9.63. The zero-order valence-corrected chi connectivity index (χ0v) is 13.4. The van der Waals surface area contributed by atoms with Gasteiger partial charge in [0, 0.05) is 13.0 Å². The molecule has 0 saturated carbocycles. The summed E-state index contributed by atoms with van der Waals surface area (Å²) in [6, 6.07) is 0. The molecule has 1 aliphatic heterocycles. The number of nitrogens with zero attached hydrogens (tertiary/aromatic N) is 2. The molecule has 0 unspecified atom stereocenters. The number of aromatic carboxylic acids is 1. The molecule has 0 amide bonds. The van der Waals surface area contributed by atoms with Gasteiger partial charge in [-0.15, -0.1) is 11.3 Å². The summed E-state index contributed by atoms with van der Waals surface area (Å²) in [6.07, 6.45) is 3.41. The monoisotopic (exact) mass is 296 g/mol. The Bertz CT molecular complexity index is 462. The molecule has 0 atom stereocenters. The first-order valence-electron chi connectivity index (χ1n) is 7.42. The first kappa shape index (κ1) is 15.4. The van der Waals surface area contributed by atoms with Crippen LogP contribution in [0.5, 0.6) is 0 Å². The molecule has 0 bridgehead atoms. The molecular formula is C15H24N2O2S. The van der Waals surface area contributed by atoms with E-state index in [0.29, 0.717) is 4.88 Å². The van der Waals surface area contributed by atoms with Crippen molar-refractivity contribution in [3.63, 3.8) is 0 Å². The van der Waals surface area contributed by atoms with Crippen LogP contribution in [0.4, 0.5) is 0 Å². The molecule has 112 valence electrons. The minimum absolute atomic E-state index is 0.168. The van der Waals surface area contributed by atoms with E-state index in [1.165, 1.54) is 24.2 Å². The van der Waals surface area contributed by atoms with Gasteiger partial charge in [-0.05, 0) is 37.8 Å². The summed E-state index contributed by atoms with van der Waals surface area (Å²) in [5, 5.41) is 10.2. The lowest BCUT2D eigenvalue weighted by molar-refractivity contribution is 0.0700. The summed E-state index contributed by atoms with van der Waals surface area (Å²) in [4.78, 5) is 18.7. The second kappa shape index (κ2) is 6.68. The van der Waals surface area contributed by atoms with Crippen molar-refractivity contribution in [2.45, 2.75) is 46.0 Å². The number of carboxylic acid groups (broad SMARTS) is 1. The van der Waals surface area contributed by atoms with Gasteiger partial charge in [0.05, 0.1) is 10.7 Å². The zero-order chi connectivity index (χ0) is 14.7. The number of hydrogen-bond acceptors (Lipinski definition) is 4. The first-order valence-corrected chi connectivity index (χ1v) is 8.24. The quantitative estimate of drug-likeness (QED) is 0.906. The van der Waals surface area contributed by atoms with Crippen molar-refractivity contribution in [2.24, 2.45) is 5.92 Å². The lowest BCUT2D eigenvalue weighted by atomic mass is 9.99. The summed E-state index contributed by atoms with van der Waals surface area (Å²) in [7, 11) is 0. The second-order valence-electron chi connectivity index (χ2n) is 6.06. The Hall–Kier alpha value is -0.940. The summed E-state index contributed by atoms with van der Waals surface area (Å²) >= 11 is 1.35. The molecular weight excluding hydrogens is 272 g/mol. The molecule has 0 aliphatic carbocycles. The normalized spacial score (nSPS) is 17.8. The third kappa shape index (κ3) is 3.79. The van der Waals surface area contributed by atoms with E-state index in [0.717, 1.165) is 42.7 Å². The van der Waals surface area contributed by atoms with Crippen LogP contribution >= 0.6 is 11.3 Å². The van der Waals surface area contributed by atoms with Gasteiger partial charge in [-0.3, -0.25) is 0 Å². The Morgan fingerprint density at radius 2 is 2.10 bits per heavy atom. The Morgan fingerprint density at radius 1 is 1.45 bits per heavy atom. The average Bonchev–Trinajstić information content (AvgIpc) is 2.83. The molecule has 1 aromatic rings. The van der Waals surface area contributed by atoms with E-state index in [4.69, 9.17) is 0 Å². The minimum atomic E-state index is -0.843. The van der Waals surface area contributed by atoms with E-state index in [1.54, 1.807) is 0 Å². The number of likely N-dealkylation sites (tertiary alicyclic amines) is 1. The van der Waals surface area contributed by atoms with Crippen molar-refractivity contribution >= 4 is 17.3 Å². The van der Waals surface area contributed by atoms with Gasteiger partial charge in [-0.2, -0.15) is 0 Å². The molecule has 1 aromatic heterocycles. The predicted molar refractivity (Wildman–Crippen MR) is 81.7 cm³/mol. The smallest absolute Gasteiger partial charge is 0.347 e. The van der Waals surface area contributed by atoms with Crippen LogP contribution in [0.25, 0.3) is 0 Å². The van der Waals surface area contributed by atoms with Gasteiger partial charge >= 0.3 is 5.97 Å². The molecule has 2 rings (SSSR count). The highest BCUT2D eigenvalue weighted by Gasteiger charge is 2.20. The number of carbonyl (C=O) groups is 1. The topological polar surface area (TPSA) is 53.4 Å². The highest BCUT2D eigenvalue weighted by molar-refractivity contribution is 7.13. The molecule has 20 heavy (non-hydrogen) atoms. The van der Waals surface area contributed by atoms with Gasteiger partial charge in [0.25, 0.3) is 0 Å². The van der Waals surface area contributed by atoms with Gasteiger partial charge in [0.2, 0.25) is 0 Å². The SMILES string of the molecule is CC1CCN(CCc2nc(C(C)C)c(C(=O)O)s2)CC1. The predicted octanol–water partition coefficient (Wildman–Crippen LogP) is 3.24. The van der Waals surface area contributed by atoms with Gasteiger partial charge in [-0.25, -0.2) is 9.78 Å². The summed E-state index contributed by atoms with van der Waals surface area (Å²) < 4.78 is 0. The van der Waals surface area contributed by atoms with Crippen molar-refractivity contribution in [3.05, 3.63) is 15.6 Å². The maximum Gasteiger partial charge on any atom is 0.347 e. The fraction of sp³-hybridized carbons (Fsp3) is 0.733. The van der Waals surface area contributed by atoms with Crippen LogP contribution in [0.2, 0.25) is 0 Å². The van der Waals surface area contributed by atoms with E-state index in [9.17, 15) is 9.90 Å². The number of thiazole rings is 1. The van der Waals surface area contributed by atoms with Gasteiger partial charge in [0.1, 0.15) is 4.88 Å². The van der Waals surface area contributed by atoms with Crippen LogP contribution in [0.3, 0.4) is 0 Å². The van der Waals surface area contributed by atoms with Crippen molar-refractivity contribution in [1.29, 1.82) is 0 Å². The van der Waals surface area contributed by atoms with Crippen molar-refractivity contribution in [3.8, 4) is 0 Å². The fourth-order valence-corrected chi connectivity index (χ4v) is 3.62. The van der Waals surface area contributed by atoms with E-state index >= 15 is 0 Å². The largest absolute Gasteiger partial charge is 0.477 e. The standard InChI is InChI=1S/C15H24N2O2S/c1-10(2)13-14(15(18)19)20-12(16-13)6-9-17-7-4-11(3)5-8-17/h10-11H,4-9H2,1-3H3,(H,18,19). The lowest BCUT2D eigenvalue weighted by Crippen LogP contribution is -2.34. The van der Waals surface area contributed by atoms with Crippen LogP contribution in [0, 0.1) is 5.92 Å². The average molecular weight is 296 g/mol. The molecule has 2 heterocycles. The Morgan fingerprint density at radius 3 is 2.60 bits per heavy atom. The first-order chi connectivity index (χ1) is 9.47. The molecule has 0 aromatic carbocycles. The van der Waals surface area contributed by atoms with Crippen molar-refractivity contribution in [2.75, 3.05) is 19.6 Å². The number of aromatic nitrogens is 1. The van der Waals surface area contributed by atoms with Gasteiger partial charge < -0.3 is 10.0 Å². The van der Waals surface area contributed by atoms with Crippen LogP contribution in [0.15, 0.2) is 0 Å². The maximum atomic E-state index is 11.2. The van der Waals surface area contributed by atoms with Gasteiger partial charge in [0.15, 0.2) is 0 Å². The molecule has 0 spiro atoms. The van der Waals surface area contributed by atoms with Crippen molar-refractivity contribution in [1.82, 2.24) is 9.88 Å². The van der Waals surface area contributed by atoms with Crippen LogP contribution < -0.4 is 0 Å². The summed E-state index contributed by atoms with van der Waals surface area (Å²) in [5.41, 5.74) is 0.741. The second-order valence-corrected chi connectivity index (χ2v) is 7.14. The third-order valence-electron chi connectivity index (χ3n) is 3.96. The van der Waals surface area contributed by atoms with Gasteiger partial charge in [-0.1, -0.05) is 20.8 Å². The van der Waals surface area contributed by atoms with Crippen LogP contribution in [-0.4, -0.2) is 40.6 Å². The number of piperidine rings is 1. The summed E-state index contributed by atoms with van der Waals surface area (Å²) in [5.74, 6) is 0.170. The van der Waals surface area contributed by atoms with E-state index < -0.39 is 5.97 Å². The molecule has 1 fully saturated rings. The van der Waals surface area contributed by atoms with E-state index in [2.05, 4.69) is 16.8 Å². The highest BCUT2D eigenvalue weighted by atomic mass is 32.1. The number of hydrogen-bond donors (Lipinski definition) is 1. The fourth-order valence-electron chi connectivity index (χ4n) is 2.57. The molecule has 1 N–H and O–H groups in total. The molecule has 5 heteroatoms. The lowest BCUT2D eigenvalue weighted by Gasteiger charge is -2.29. The van der Waals surface area contributed by atoms with Crippen molar-refractivity contribution < 1.29 is 9.90 Å². The zero-order valence-electron chi connectivity index (χ0n) is 12.6. The Kier molecular flexibility index (Phi) is 5.16. The Labute approximate surface area is 124 Å². The van der Waals surface area contributed by atoms with E-state index in [-0.39, 0.29) is 5.92 Å². The molecule has 1 saturated heterocycles. The Balaban J connectivity index is 1.96. The maximum absolute atomic E-state index is 11.2. The van der Waals surface area contributed by atoms with Crippen LogP contribution in [0.1, 0.15) is 59.9 Å². The molecule has 4 nitrogen and oxygen atoms in total. The minimum Gasteiger partial charge on any atom is -0.477 e. The molecule has 0 radical (unpaired) electrons. The van der Waals surface area contributed by atoms with Crippen LogP contribution in [-0.2, 0) is 6.42 Å². The highest BCUT2D eigenvalue weighted by Crippen LogP contribution is 2.26. The third-order valence-corrected chi connectivity index (χ3v) is 5.08. The van der Waals surface area contributed by atoms with E-state index in [1.807, 2.05) is 13.8 Å². The number of rotatable bonds is 5. The number of carboxylic acids is 1.